The minimum Gasteiger partial charge on any atom is -0.506 e. The second-order valence-corrected chi connectivity index (χ2v) is 8.70. The van der Waals surface area contributed by atoms with Gasteiger partial charge in [0.05, 0.1) is 23.4 Å². The summed E-state index contributed by atoms with van der Waals surface area (Å²) in [5.41, 5.74) is 0.0632. The highest BCUT2D eigenvalue weighted by atomic mass is 79.9. The molecule has 0 atom stereocenters. The van der Waals surface area contributed by atoms with Crippen LogP contribution in [0.4, 0.5) is 15.8 Å². The molecule has 0 aliphatic carbocycles. The standard InChI is InChI=1S/C20H16BrFN2O5S/c1-29-19-5-3-2-4-16(19)24-30(27,28)15-6-7-18(25)17(11-15)23-20(26)12-8-13(21)10-14(22)9-12/h2-11,24-25H,1H3,(H,23,26). The Morgan fingerprint density at radius 3 is 2.50 bits per heavy atom. The molecule has 10 heteroatoms. The molecule has 156 valence electrons. The fourth-order valence-corrected chi connectivity index (χ4v) is 4.16. The highest BCUT2D eigenvalue weighted by Crippen LogP contribution is 2.30. The summed E-state index contributed by atoms with van der Waals surface area (Å²) in [7, 11) is -2.65. The summed E-state index contributed by atoms with van der Waals surface area (Å²) >= 11 is 3.09. The molecule has 0 fully saturated rings. The third kappa shape index (κ3) is 4.89. The SMILES string of the molecule is COc1ccccc1NS(=O)(=O)c1ccc(O)c(NC(=O)c2cc(F)cc(Br)c2)c1. The zero-order valence-corrected chi connectivity index (χ0v) is 17.9. The van der Waals surface area contributed by atoms with E-state index >= 15 is 0 Å². The number of sulfonamides is 1. The third-order valence-corrected chi connectivity index (χ3v) is 5.82. The number of phenolic OH excluding ortho intramolecular Hbond substituents is 1. The van der Waals surface area contributed by atoms with Crippen LogP contribution in [0, 0.1) is 5.82 Å². The van der Waals surface area contributed by atoms with E-state index in [1.165, 1.54) is 31.4 Å². The Labute approximate surface area is 180 Å². The molecule has 0 saturated carbocycles. The van der Waals surface area contributed by atoms with Crippen LogP contribution in [-0.2, 0) is 10.0 Å². The molecule has 0 heterocycles. The summed E-state index contributed by atoms with van der Waals surface area (Å²) in [5.74, 6) is -1.38. The van der Waals surface area contributed by atoms with Crippen molar-refractivity contribution in [2.24, 2.45) is 0 Å². The van der Waals surface area contributed by atoms with Crippen LogP contribution in [0.15, 0.2) is 70.0 Å². The molecule has 0 bridgehead atoms. The monoisotopic (exact) mass is 494 g/mol. The zero-order valence-electron chi connectivity index (χ0n) is 15.5. The van der Waals surface area contributed by atoms with E-state index < -0.39 is 21.7 Å². The molecule has 0 spiro atoms. The normalized spacial score (nSPS) is 11.0. The summed E-state index contributed by atoms with van der Waals surface area (Å²) in [4.78, 5) is 12.2. The van der Waals surface area contributed by atoms with Gasteiger partial charge in [-0.15, -0.1) is 0 Å². The molecule has 0 aliphatic rings. The molecule has 3 aromatic carbocycles. The number of aromatic hydroxyl groups is 1. The van der Waals surface area contributed by atoms with E-state index in [1.54, 1.807) is 18.2 Å². The molecular weight excluding hydrogens is 479 g/mol. The number of anilines is 2. The molecular formula is C20H16BrFN2O5S. The van der Waals surface area contributed by atoms with Gasteiger partial charge in [-0.3, -0.25) is 9.52 Å². The highest BCUT2D eigenvalue weighted by Gasteiger charge is 2.19. The Morgan fingerprint density at radius 2 is 1.80 bits per heavy atom. The van der Waals surface area contributed by atoms with Gasteiger partial charge in [0.1, 0.15) is 17.3 Å². The van der Waals surface area contributed by atoms with Gasteiger partial charge in [0.25, 0.3) is 15.9 Å². The first-order chi connectivity index (χ1) is 14.2. The first-order valence-electron chi connectivity index (χ1n) is 8.46. The summed E-state index contributed by atoms with van der Waals surface area (Å²) in [5, 5.41) is 12.4. The lowest BCUT2D eigenvalue weighted by Gasteiger charge is -2.13. The van der Waals surface area contributed by atoms with E-state index in [4.69, 9.17) is 4.74 Å². The van der Waals surface area contributed by atoms with Gasteiger partial charge in [-0.25, -0.2) is 12.8 Å². The lowest BCUT2D eigenvalue weighted by atomic mass is 10.2. The Balaban J connectivity index is 1.89. The number of benzene rings is 3. The summed E-state index contributed by atoms with van der Waals surface area (Å²) in [6, 6.07) is 13.5. The average molecular weight is 495 g/mol. The zero-order chi connectivity index (χ0) is 21.9. The van der Waals surface area contributed by atoms with E-state index in [0.29, 0.717) is 10.2 Å². The van der Waals surface area contributed by atoms with E-state index in [-0.39, 0.29) is 27.6 Å². The second-order valence-electron chi connectivity index (χ2n) is 6.10. The van der Waals surface area contributed by atoms with Crippen LogP contribution in [0.1, 0.15) is 10.4 Å². The van der Waals surface area contributed by atoms with Crippen LogP contribution in [0.5, 0.6) is 11.5 Å². The van der Waals surface area contributed by atoms with Gasteiger partial charge in [-0.1, -0.05) is 28.1 Å². The molecule has 30 heavy (non-hydrogen) atoms. The van der Waals surface area contributed by atoms with E-state index in [9.17, 15) is 22.7 Å². The molecule has 0 radical (unpaired) electrons. The van der Waals surface area contributed by atoms with Crippen LogP contribution in [-0.4, -0.2) is 26.5 Å². The van der Waals surface area contributed by atoms with Gasteiger partial charge < -0.3 is 15.2 Å². The molecule has 7 nitrogen and oxygen atoms in total. The Hall–Kier alpha value is -3.11. The topological polar surface area (TPSA) is 105 Å². The Morgan fingerprint density at radius 1 is 1.07 bits per heavy atom. The number of halogens is 2. The molecule has 1 amide bonds. The minimum atomic E-state index is -4.06. The van der Waals surface area contributed by atoms with E-state index in [1.807, 2.05) is 0 Å². The molecule has 0 saturated heterocycles. The summed E-state index contributed by atoms with van der Waals surface area (Å²) in [6.07, 6.45) is 0. The second kappa shape index (κ2) is 8.72. The number of amides is 1. The van der Waals surface area contributed by atoms with Crippen molar-refractivity contribution in [1.29, 1.82) is 0 Å². The smallest absolute Gasteiger partial charge is 0.262 e. The van der Waals surface area contributed by atoms with Crippen molar-refractivity contribution in [3.05, 3.63) is 76.5 Å². The van der Waals surface area contributed by atoms with Crippen LogP contribution in [0.25, 0.3) is 0 Å². The number of carbonyl (C=O) groups excluding carboxylic acids is 1. The van der Waals surface area contributed by atoms with Crippen LogP contribution in [0.2, 0.25) is 0 Å². The number of phenols is 1. The molecule has 0 aliphatic heterocycles. The van der Waals surface area contributed by atoms with Gasteiger partial charge in [0, 0.05) is 10.0 Å². The number of rotatable bonds is 6. The van der Waals surface area contributed by atoms with Crippen molar-refractivity contribution in [3.63, 3.8) is 0 Å². The number of para-hydroxylation sites is 2. The summed E-state index contributed by atoms with van der Waals surface area (Å²) in [6.45, 7) is 0. The fraction of sp³-hybridized carbons (Fsp3) is 0.0500. The predicted octanol–water partition coefficient (Wildman–Crippen LogP) is 4.36. The largest absolute Gasteiger partial charge is 0.506 e. The molecule has 0 unspecified atom stereocenters. The quantitative estimate of drug-likeness (QED) is 0.441. The predicted molar refractivity (Wildman–Crippen MR) is 114 cm³/mol. The van der Waals surface area contributed by atoms with Crippen LogP contribution in [0.3, 0.4) is 0 Å². The van der Waals surface area contributed by atoms with Gasteiger partial charge in [-0.2, -0.15) is 0 Å². The van der Waals surface area contributed by atoms with Crippen molar-refractivity contribution in [2.75, 3.05) is 17.1 Å². The van der Waals surface area contributed by atoms with Crippen LogP contribution >= 0.6 is 15.9 Å². The number of nitrogens with one attached hydrogen (secondary N) is 2. The van der Waals surface area contributed by atoms with Crippen molar-refractivity contribution in [2.45, 2.75) is 4.90 Å². The highest BCUT2D eigenvalue weighted by molar-refractivity contribution is 9.10. The van der Waals surface area contributed by atoms with Crippen molar-refractivity contribution >= 4 is 43.2 Å². The Kier molecular flexibility index (Phi) is 6.28. The summed E-state index contributed by atoms with van der Waals surface area (Å²) < 4.78 is 46.9. The molecule has 3 N–H and O–H groups in total. The van der Waals surface area contributed by atoms with E-state index in [2.05, 4.69) is 26.0 Å². The molecule has 3 rings (SSSR count). The lowest BCUT2D eigenvalue weighted by Crippen LogP contribution is -2.15. The van der Waals surface area contributed by atoms with Crippen molar-refractivity contribution in [3.8, 4) is 11.5 Å². The first-order valence-corrected chi connectivity index (χ1v) is 10.7. The maximum Gasteiger partial charge on any atom is 0.262 e. The molecule has 3 aromatic rings. The van der Waals surface area contributed by atoms with Gasteiger partial charge in [0.15, 0.2) is 0 Å². The number of hydrogen-bond donors (Lipinski definition) is 3. The van der Waals surface area contributed by atoms with Crippen molar-refractivity contribution in [1.82, 2.24) is 0 Å². The first kappa shape index (κ1) is 21.6. The maximum absolute atomic E-state index is 13.5. The Bertz CT molecular complexity index is 1200. The average Bonchev–Trinajstić information content (AvgIpc) is 2.69. The molecule has 0 aromatic heterocycles. The lowest BCUT2D eigenvalue weighted by molar-refractivity contribution is 0.102. The van der Waals surface area contributed by atoms with Crippen molar-refractivity contribution < 1.29 is 27.4 Å². The van der Waals surface area contributed by atoms with E-state index in [0.717, 1.165) is 18.2 Å². The van der Waals surface area contributed by atoms with Crippen LogP contribution < -0.4 is 14.8 Å². The number of carbonyl (C=O) groups is 1. The minimum absolute atomic E-state index is 0.0123. The maximum atomic E-state index is 13.5. The van der Waals surface area contributed by atoms with Gasteiger partial charge in [-0.05, 0) is 48.5 Å². The fourth-order valence-electron chi connectivity index (χ4n) is 2.59. The van der Waals surface area contributed by atoms with Gasteiger partial charge >= 0.3 is 0 Å². The number of methoxy groups -OCH3 is 1. The van der Waals surface area contributed by atoms with Gasteiger partial charge in [0.2, 0.25) is 0 Å². The number of hydrogen-bond acceptors (Lipinski definition) is 5. The third-order valence-electron chi connectivity index (χ3n) is 4.00. The number of ether oxygens (including phenoxy) is 1.